The standard InChI is InChI=1S/C27H36N8O7S.C22H24N6O6.C11H18N2O2S/c1-5-7-10-13-32-43(38,39)17-12-9-8-11-16(17)33-26(37)34-22-18-23(30-14-29-22)35(15-31-18)25-21-19(41-27(3,4)42-21)20(40-25)24(36)28-6-2;1-4-23-19(29)15-14-16(34-22(2,3)33-14)20(32-15)28-11-26-13-17(24-10-25-18(13)28)27-21(30)31-12-8-6-5-7-9-12;1-2-3-6-9-13-16(14,15)11-8-5-4-7-10(11)12/h8-9,11-12,14-15,19-21,25,32H,5-7,10,13H2,1-4H3,(H,28,36)(H2,29,30,33,34,37);5-11,14-16,20H,4H2,1-3H3,(H,23,29)(H,24,25,27,30);4-5,7-8,13H,2-3,6,9,12H2,1H3/t19-,20+,21-,25-;14-,15+,16-,20-;/m11./s1. The Hall–Kier alpha value is -8.38. The number of likely N-dealkylation sites (N-methyl/N-ethyl adjacent to an activating group) is 2. The first-order valence-electron chi connectivity index (χ1n) is 30.5. The molecule has 4 aliphatic heterocycles. The quantitative estimate of drug-likeness (QED) is 0.0276. The fraction of sp³-hybridized carbons (Fsp3) is 0.467. The van der Waals surface area contributed by atoms with Gasteiger partial charge in [0.25, 0.3) is 11.8 Å². The van der Waals surface area contributed by atoms with Gasteiger partial charge in [-0.1, -0.05) is 82.0 Å². The van der Waals surface area contributed by atoms with Crippen molar-refractivity contribution in [3.8, 4) is 5.75 Å². The van der Waals surface area contributed by atoms with Gasteiger partial charge in [0.15, 0.2) is 70.2 Å². The zero-order valence-corrected chi connectivity index (χ0v) is 54.2. The molecule has 7 aromatic rings. The first-order valence-corrected chi connectivity index (χ1v) is 33.4. The number of imidazole rings is 2. The fourth-order valence-electron chi connectivity index (χ4n) is 10.7. The van der Waals surface area contributed by atoms with E-state index >= 15 is 0 Å². The van der Waals surface area contributed by atoms with Crippen molar-refractivity contribution in [3.05, 3.63) is 104 Å². The van der Waals surface area contributed by atoms with Crippen molar-refractivity contribution in [2.75, 3.05) is 47.9 Å². The maximum absolute atomic E-state index is 13.0. The lowest BCUT2D eigenvalue weighted by molar-refractivity contribution is -0.198. The van der Waals surface area contributed by atoms with E-state index in [-0.39, 0.29) is 50.1 Å². The van der Waals surface area contributed by atoms with Crippen molar-refractivity contribution in [1.29, 1.82) is 0 Å². The first kappa shape index (κ1) is 69.0. The summed E-state index contributed by atoms with van der Waals surface area (Å²) in [6, 6.07) is 20.5. The molecule has 33 heteroatoms. The zero-order valence-electron chi connectivity index (χ0n) is 52.6. The summed E-state index contributed by atoms with van der Waals surface area (Å²) in [5.41, 5.74) is 7.28. The molecule has 3 aromatic carbocycles. The second kappa shape index (κ2) is 30.1. The molecule has 0 unspecified atom stereocenters. The predicted molar refractivity (Wildman–Crippen MR) is 339 cm³/mol. The van der Waals surface area contributed by atoms with Crippen LogP contribution < -0.4 is 46.5 Å². The molecule has 500 valence electrons. The summed E-state index contributed by atoms with van der Waals surface area (Å²) < 4.78 is 99.4. The smallest absolute Gasteiger partial charge is 0.410 e. The van der Waals surface area contributed by atoms with Crippen molar-refractivity contribution >= 4 is 89.3 Å². The Balaban J connectivity index is 0.000000181. The van der Waals surface area contributed by atoms with Crippen molar-refractivity contribution < 1.29 is 69.2 Å². The van der Waals surface area contributed by atoms with Crippen LogP contribution in [0.15, 0.2) is 114 Å². The van der Waals surface area contributed by atoms with E-state index < -0.39 is 92.8 Å². The minimum atomic E-state index is -3.86. The highest BCUT2D eigenvalue weighted by Gasteiger charge is 2.60. The summed E-state index contributed by atoms with van der Waals surface area (Å²) in [6.07, 6.45) is 4.49. The van der Waals surface area contributed by atoms with E-state index in [1.165, 1.54) is 43.5 Å². The number of amides is 5. The number of urea groups is 1. The molecule has 8 atom stereocenters. The second-order valence-electron chi connectivity index (χ2n) is 22.6. The molecule has 8 heterocycles. The molecule has 93 heavy (non-hydrogen) atoms. The molecule has 11 rings (SSSR count). The van der Waals surface area contributed by atoms with Gasteiger partial charge < -0.3 is 54.8 Å². The van der Waals surface area contributed by atoms with Crippen LogP contribution in [0.3, 0.4) is 0 Å². The van der Waals surface area contributed by atoms with Gasteiger partial charge in [0.2, 0.25) is 20.0 Å². The van der Waals surface area contributed by atoms with Crippen LogP contribution in [0.2, 0.25) is 0 Å². The van der Waals surface area contributed by atoms with Crippen LogP contribution in [0, 0.1) is 0 Å². The highest BCUT2D eigenvalue weighted by Crippen LogP contribution is 2.46. The Morgan fingerprint density at radius 3 is 1.49 bits per heavy atom. The molecular weight excluding hydrogens is 1250 g/mol. The van der Waals surface area contributed by atoms with Gasteiger partial charge in [-0.15, -0.1) is 0 Å². The number of rotatable bonds is 22. The van der Waals surface area contributed by atoms with Gasteiger partial charge in [-0.25, -0.2) is 65.8 Å². The van der Waals surface area contributed by atoms with Crippen molar-refractivity contribution in [1.82, 2.24) is 59.1 Å². The molecule has 4 fully saturated rings. The number of fused-ring (bicyclic) bond motifs is 4. The number of nitrogens with one attached hydrogen (secondary N) is 7. The number of nitrogen functional groups attached to an aromatic ring is 1. The molecular formula is C60H78N16O15S2. The molecule has 0 radical (unpaired) electrons. The summed E-state index contributed by atoms with van der Waals surface area (Å²) in [5, 5.41) is 13.3. The first-order chi connectivity index (χ1) is 44.5. The molecule has 0 saturated carbocycles. The van der Waals surface area contributed by atoms with Crippen LogP contribution in [0.25, 0.3) is 22.3 Å². The SMILES string of the molecule is CCCCCNS(=O)(=O)c1ccccc1N.CCCCCNS(=O)(=O)c1ccccc1NC(=O)Nc1ncnc2c1ncn2[C@@H]1O[C@H](C(=O)NCC)[C@H]2OC(C)(C)O[C@H]21.CCNC(=O)[C@H]1O[C@@H](n2cnc3c(NC(=O)Oc4ccccc4)ncnc32)[C@@H]2OC(C)(C)O[C@@H]21. The normalized spacial score (nSPS) is 21.7. The number of sulfonamides is 2. The molecule has 5 amide bonds. The zero-order chi connectivity index (χ0) is 66.7. The monoisotopic (exact) mass is 1330 g/mol. The van der Waals surface area contributed by atoms with Crippen LogP contribution in [0.4, 0.5) is 32.6 Å². The van der Waals surface area contributed by atoms with Crippen LogP contribution in [-0.2, 0) is 58.1 Å². The van der Waals surface area contributed by atoms with E-state index in [4.69, 9.17) is 38.9 Å². The number of nitrogens with two attached hydrogens (primary N) is 1. The number of carbonyl (C=O) groups excluding carboxylic acids is 4. The van der Waals surface area contributed by atoms with Crippen molar-refractivity contribution in [3.63, 3.8) is 0 Å². The molecule has 31 nitrogen and oxygen atoms in total. The third-order valence-corrected chi connectivity index (χ3v) is 17.8. The average Bonchev–Trinajstić information content (AvgIpc) is 1.60. The Labute approximate surface area is 537 Å². The second-order valence-corrected chi connectivity index (χ2v) is 26.0. The molecule has 9 N–H and O–H groups in total. The third-order valence-electron chi connectivity index (χ3n) is 14.7. The lowest BCUT2D eigenvalue weighted by Gasteiger charge is -2.24. The molecule has 0 spiro atoms. The largest absolute Gasteiger partial charge is 0.418 e. The number of nitrogens with zero attached hydrogens (tertiary/aromatic N) is 8. The number of unbranched alkanes of at least 4 members (excludes halogenated alkanes) is 4. The lowest BCUT2D eigenvalue weighted by Crippen LogP contribution is -2.42. The highest BCUT2D eigenvalue weighted by molar-refractivity contribution is 7.90. The Kier molecular flexibility index (Phi) is 22.4. The summed E-state index contributed by atoms with van der Waals surface area (Å²) in [6.45, 7) is 16.5. The van der Waals surface area contributed by atoms with Gasteiger partial charge in [0.05, 0.1) is 24.0 Å². The predicted octanol–water partition coefficient (Wildman–Crippen LogP) is 6.22. The number of aromatic nitrogens is 8. The third kappa shape index (κ3) is 16.5. The number of carbonyl (C=O) groups is 4. The number of hydrogen-bond donors (Lipinski definition) is 8. The summed E-state index contributed by atoms with van der Waals surface area (Å²) in [5.74, 6) is -1.79. The topological polar surface area (TPSA) is 399 Å². The van der Waals surface area contributed by atoms with Crippen LogP contribution >= 0.6 is 0 Å². The van der Waals surface area contributed by atoms with Crippen LogP contribution in [0.5, 0.6) is 5.75 Å². The van der Waals surface area contributed by atoms with Crippen molar-refractivity contribution in [2.45, 2.75) is 164 Å². The van der Waals surface area contributed by atoms with Crippen LogP contribution in [0.1, 0.15) is 106 Å². The molecule has 4 aromatic heterocycles. The Bertz CT molecular complexity index is 3990. The summed E-state index contributed by atoms with van der Waals surface area (Å²) in [4.78, 5) is 76.6. The number of para-hydroxylation sites is 3. The number of benzene rings is 3. The van der Waals surface area contributed by atoms with E-state index in [0.29, 0.717) is 55.2 Å². The highest BCUT2D eigenvalue weighted by atomic mass is 32.2. The minimum absolute atomic E-state index is 0.0601. The molecule has 0 bridgehead atoms. The fourth-order valence-corrected chi connectivity index (χ4v) is 13.1. The molecule has 0 aliphatic carbocycles. The van der Waals surface area contributed by atoms with E-state index in [0.717, 1.165) is 32.1 Å². The van der Waals surface area contributed by atoms with Gasteiger partial charge in [-0.3, -0.25) is 29.4 Å². The van der Waals surface area contributed by atoms with Gasteiger partial charge in [0.1, 0.15) is 52.6 Å². The van der Waals surface area contributed by atoms with Gasteiger partial charge in [-0.05, 0) is 90.8 Å². The maximum Gasteiger partial charge on any atom is 0.418 e. The van der Waals surface area contributed by atoms with Crippen LogP contribution in [-0.4, -0.2) is 154 Å². The number of anilines is 4. The molecule has 4 aliphatic rings. The Morgan fingerprint density at radius 1 is 0.548 bits per heavy atom. The minimum Gasteiger partial charge on any atom is -0.410 e. The van der Waals surface area contributed by atoms with E-state index in [9.17, 15) is 36.0 Å². The van der Waals surface area contributed by atoms with E-state index in [2.05, 4.69) is 72.9 Å². The van der Waals surface area contributed by atoms with Gasteiger partial charge in [-0.2, -0.15) is 0 Å². The number of hydrogen-bond acceptors (Lipinski definition) is 22. The maximum atomic E-state index is 13.0. The van der Waals surface area contributed by atoms with E-state index in [1.54, 1.807) is 91.4 Å². The van der Waals surface area contributed by atoms with Crippen molar-refractivity contribution in [2.24, 2.45) is 0 Å². The Morgan fingerprint density at radius 2 is 1.00 bits per heavy atom. The number of ether oxygens (including phenoxy) is 7. The summed E-state index contributed by atoms with van der Waals surface area (Å²) in [7, 11) is -7.31. The van der Waals surface area contributed by atoms with Gasteiger partial charge in [0, 0.05) is 26.2 Å². The molecule has 4 saturated heterocycles. The summed E-state index contributed by atoms with van der Waals surface area (Å²) >= 11 is 0. The van der Waals surface area contributed by atoms with Gasteiger partial charge >= 0.3 is 12.1 Å². The lowest BCUT2D eigenvalue weighted by atomic mass is 10.1. The average molecular weight is 1330 g/mol. The van der Waals surface area contributed by atoms with E-state index in [1.807, 2.05) is 26.8 Å².